The van der Waals surface area contributed by atoms with Gasteiger partial charge in [-0.15, -0.1) is 0 Å². The fraction of sp³-hybridized carbons (Fsp3) is 1.00. The topological polar surface area (TPSA) is 133 Å². The summed E-state index contributed by atoms with van der Waals surface area (Å²) in [5, 5.41) is -13.6. The van der Waals surface area contributed by atoms with Crippen molar-refractivity contribution in [1.82, 2.24) is 0 Å². The Bertz CT molecular complexity index is 904. The summed E-state index contributed by atoms with van der Waals surface area (Å²) in [7, 11) is -14.5. The smallest absolute Gasteiger partial charge is 0.743 e. The van der Waals surface area contributed by atoms with Crippen molar-refractivity contribution >= 4 is 20.2 Å². The molecule has 0 bridgehead atoms. The molecule has 0 rings (SSSR count). The first kappa shape index (κ1) is 40.6. The average Bonchev–Trinajstić information content (AvgIpc) is 2.48. The summed E-state index contributed by atoms with van der Waals surface area (Å²) in [5.74, 6) is 0. The van der Waals surface area contributed by atoms with Gasteiger partial charge in [-0.1, -0.05) is 0 Å². The van der Waals surface area contributed by atoms with Gasteiger partial charge >= 0.3 is 66.8 Å². The first-order valence-corrected chi connectivity index (χ1v) is 9.44. The van der Waals surface area contributed by atoms with Crippen molar-refractivity contribution in [3.05, 3.63) is 0 Å². The molecule has 0 N–H and O–H groups in total. The van der Waals surface area contributed by atoms with E-state index >= 15 is 0 Å². The van der Waals surface area contributed by atoms with Crippen molar-refractivity contribution in [2.45, 2.75) is 47.3 Å². The molecule has 0 aromatic carbocycles. The van der Waals surface area contributed by atoms with E-state index in [1.54, 1.807) is 0 Å². The van der Waals surface area contributed by atoms with Crippen molar-refractivity contribution < 1.29 is 134 Å². The van der Waals surface area contributed by atoms with Gasteiger partial charge < -0.3 is 9.11 Å². The molecular weight excluding hydrogens is 696 g/mol. The zero-order valence-electron chi connectivity index (χ0n) is 15.6. The van der Waals surface area contributed by atoms with Crippen LogP contribution < -0.4 is 0 Å². The molecule has 0 spiro atoms. The van der Waals surface area contributed by atoms with E-state index in [1.165, 1.54) is 9.47 Å². The van der Waals surface area contributed by atoms with E-state index in [0.29, 0.717) is 0 Å². The molecule has 0 unspecified atom stereocenters. The van der Waals surface area contributed by atoms with E-state index in [2.05, 4.69) is 0 Å². The number of hydrogen-bond acceptors (Lipinski definition) is 8. The van der Waals surface area contributed by atoms with E-state index in [4.69, 9.17) is 0 Å². The predicted octanol–water partition coefficient (Wildman–Crippen LogP) is 3.78. The van der Waals surface area contributed by atoms with Crippen LogP contribution in [0, 0.1) is 0 Å². The Kier molecular flexibility index (Phi) is 12.0. The van der Waals surface area contributed by atoms with Crippen LogP contribution >= 0.6 is 0 Å². The number of hydrogen-bond donors (Lipinski definition) is 0. The summed E-state index contributed by atoms with van der Waals surface area (Å²) in [4.78, 5) is 0. The molecule has 0 saturated heterocycles. The van der Waals surface area contributed by atoms with Crippen LogP contribution in [0.25, 0.3) is 0 Å². The van der Waals surface area contributed by atoms with Gasteiger partial charge in [0.1, 0.15) is 0 Å². The quantitative estimate of drug-likeness (QED) is 0.213. The maximum atomic E-state index is 12.2. The Morgan fingerprint density at radius 2 is 0.568 bits per heavy atom. The summed E-state index contributed by atoms with van der Waals surface area (Å²) >= 11 is 0. The van der Waals surface area contributed by atoms with Crippen LogP contribution in [0.1, 0.15) is 0 Å². The third kappa shape index (κ3) is 9.08. The van der Waals surface area contributed by atoms with Gasteiger partial charge in [0.15, 0.2) is 20.2 Å². The SMILES string of the molecule is O=S(=O)([O-])C(F)(F)C(F)(F)OC(F)(F)C(F)(F)F.O=S(=O)([O-])C(F)(F)C(F)(F)OC(F)(F)C(F)(F)F.[Zn+2]. The molecule has 0 saturated carbocycles. The van der Waals surface area contributed by atoms with Crippen LogP contribution in [-0.4, -0.2) is 73.2 Å². The minimum Gasteiger partial charge on any atom is -0.743 e. The minimum atomic E-state index is -7.24. The molecule has 0 aliphatic rings. The first-order valence-electron chi connectivity index (χ1n) is 6.63. The summed E-state index contributed by atoms with van der Waals surface area (Å²) in [5.41, 5.74) is 0. The third-order valence-electron chi connectivity index (χ3n) is 2.48. The molecule has 37 heavy (non-hydrogen) atoms. The number of halogens is 18. The predicted molar refractivity (Wildman–Crippen MR) is 63.4 cm³/mol. The van der Waals surface area contributed by atoms with Gasteiger partial charge in [-0.05, 0) is 0 Å². The van der Waals surface area contributed by atoms with Crippen LogP contribution in [-0.2, 0) is 49.2 Å². The second-order valence-corrected chi connectivity index (χ2v) is 8.05. The van der Waals surface area contributed by atoms with Gasteiger partial charge in [0.05, 0.1) is 0 Å². The summed E-state index contributed by atoms with van der Waals surface area (Å²) in [6, 6.07) is 0. The van der Waals surface area contributed by atoms with Gasteiger partial charge in [-0.2, -0.15) is 79.0 Å². The third-order valence-corrected chi connectivity index (χ3v) is 4.21. The van der Waals surface area contributed by atoms with Crippen LogP contribution in [0.3, 0.4) is 0 Å². The van der Waals surface area contributed by atoms with Crippen LogP contribution in [0.4, 0.5) is 79.0 Å². The monoisotopic (exact) mass is 694 g/mol. The average molecular weight is 696 g/mol. The van der Waals surface area contributed by atoms with Crippen molar-refractivity contribution in [3.63, 3.8) is 0 Å². The first-order chi connectivity index (χ1) is 14.9. The molecule has 0 aromatic heterocycles. The fourth-order valence-electron chi connectivity index (χ4n) is 0.848. The number of ether oxygens (including phenoxy) is 2. The van der Waals surface area contributed by atoms with Gasteiger partial charge in [0.2, 0.25) is 0 Å². The summed E-state index contributed by atoms with van der Waals surface area (Å²) < 4.78 is 274. The van der Waals surface area contributed by atoms with Crippen molar-refractivity contribution in [3.8, 4) is 0 Å². The molecule has 29 heteroatoms. The Morgan fingerprint density at radius 1 is 0.405 bits per heavy atom. The molecule has 0 heterocycles. The maximum Gasteiger partial charge on any atom is 2.00 e. The molecule has 0 aromatic rings. The molecule has 0 radical (unpaired) electrons. The van der Waals surface area contributed by atoms with Crippen LogP contribution in [0.5, 0.6) is 0 Å². The van der Waals surface area contributed by atoms with Gasteiger partial charge in [-0.25, -0.2) is 26.3 Å². The zero-order valence-corrected chi connectivity index (χ0v) is 20.2. The second kappa shape index (κ2) is 10.9. The van der Waals surface area contributed by atoms with Crippen LogP contribution in [0.2, 0.25) is 0 Å². The van der Waals surface area contributed by atoms with E-state index in [0.717, 1.165) is 0 Å². The van der Waals surface area contributed by atoms with Gasteiger partial charge in [0, 0.05) is 0 Å². The summed E-state index contributed by atoms with van der Waals surface area (Å²) in [6.45, 7) is 0. The fourth-order valence-corrected chi connectivity index (χ4v) is 1.51. The second-order valence-electron chi connectivity index (χ2n) is 5.21. The van der Waals surface area contributed by atoms with Crippen molar-refractivity contribution in [2.75, 3.05) is 0 Å². The minimum absolute atomic E-state index is 0. The Hall–Kier alpha value is -0.897. The number of rotatable bonds is 8. The molecule has 0 fully saturated rings. The van der Waals surface area contributed by atoms with Crippen molar-refractivity contribution in [2.24, 2.45) is 0 Å². The molecule has 0 aliphatic heterocycles. The largest absolute Gasteiger partial charge is 2.00 e. The molecule has 0 atom stereocenters. The maximum absolute atomic E-state index is 12.2. The molecule has 0 amide bonds. The van der Waals surface area contributed by atoms with Gasteiger partial charge in [0.25, 0.3) is 0 Å². The normalized spacial score (nSPS) is 15.5. The molecule has 8 nitrogen and oxygen atoms in total. The molecular formula is C8F18O8S2Zn. The number of alkyl halides is 18. The van der Waals surface area contributed by atoms with E-state index in [9.17, 15) is 105 Å². The Morgan fingerprint density at radius 3 is 0.676 bits per heavy atom. The van der Waals surface area contributed by atoms with Gasteiger partial charge in [-0.3, -0.25) is 0 Å². The Balaban J connectivity index is -0.000000608. The van der Waals surface area contributed by atoms with E-state index in [-0.39, 0.29) is 19.5 Å². The molecule has 220 valence electrons. The van der Waals surface area contributed by atoms with E-state index in [1.807, 2.05) is 0 Å². The van der Waals surface area contributed by atoms with Crippen LogP contribution in [0.15, 0.2) is 0 Å². The van der Waals surface area contributed by atoms with Crippen molar-refractivity contribution in [1.29, 1.82) is 0 Å². The van der Waals surface area contributed by atoms with E-state index < -0.39 is 67.5 Å². The standard InChI is InChI=1S/2C4HF9O4S.Zn/c2*5-1(6,7)2(8,9)17-3(10,11)4(12,13)18(14,15)16;/h2*(H,14,15,16);/q;;+2/p-2. The summed E-state index contributed by atoms with van der Waals surface area (Å²) in [6.07, 6.45) is -41.0. The molecule has 0 aliphatic carbocycles. The Labute approximate surface area is 202 Å². The zero-order chi connectivity index (χ0) is 30.4.